The molecule has 0 aromatic rings. The van der Waals surface area contributed by atoms with Gasteiger partial charge in [0.25, 0.3) is 0 Å². The lowest BCUT2D eigenvalue weighted by atomic mass is 9.74. The number of nitrogens with one attached hydrogen (secondary N) is 2. The number of rotatable bonds is 4. The van der Waals surface area contributed by atoms with Gasteiger partial charge in [0.1, 0.15) is 6.04 Å². The van der Waals surface area contributed by atoms with Crippen LogP contribution in [0.15, 0.2) is 0 Å². The molecule has 102 valence electrons. The van der Waals surface area contributed by atoms with Crippen molar-refractivity contribution in [1.29, 1.82) is 0 Å². The standard InChI is InChI=1S/C12H20N2O4/c1-11(2,10(17)18)12(3,4)14-9(16)7-5-6-8(15)13-7/h7H,5-6H2,1-4H3,(H,13,15)(H,14,16)(H,17,18)/t7-/m1/s1. The molecular formula is C12H20N2O4. The lowest BCUT2D eigenvalue weighted by molar-refractivity contribution is -0.152. The van der Waals surface area contributed by atoms with Crippen molar-refractivity contribution in [2.24, 2.45) is 5.41 Å². The van der Waals surface area contributed by atoms with E-state index in [0.29, 0.717) is 12.8 Å². The van der Waals surface area contributed by atoms with E-state index in [2.05, 4.69) is 10.6 Å². The zero-order chi connectivity index (χ0) is 14.1. The molecule has 1 heterocycles. The van der Waals surface area contributed by atoms with E-state index >= 15 is 0 Å². The van der Waals surface area contributed by atoms with Crippen LogP contribution in [0.2, 0.25) is 0 Å². The first-order valence-electron chi connectivity index (χ1n) is 5.93. The number of amides is 2. The maximum Gasteiger partial charge on any atom is 0.311 e. The molecule has 1 rings (SSSR count). The minimum absolute atomic E-state index is 0.148. The predicted molar refractivity (Wildman–Crippen MR) is 64.8 cm³/mol. The van der Waals surface area contributed by atoms with E-state index in [1.165, 1.54) is 0 Å². The Bertz CT molecular complexity index is 388. The van der Waals surface area contributed by atoms with E-state index in [0.717, 1.165) is 0 Å². The van der Waals surface area contributed by atoms with Crippen molar-refractivity contribution in [2.45, 2.75) is 52.1 Å². The van der Waals surface area contributed by atoms with E-state index in [1.54, 1.807) is 27.7 Å². The summed E-state index contributed by atoms with van der Waals surface area (Å²) in [6.45, 7) is 6.44. The lowest BCUT2D eigenvalue weighted by Gasteiger charge is -2.39. The Hall–Kier alpha value is -1.59. The molecule has 0 aromatic heterocycles. The molecule has 0 radical (unpaired) electrons. The molecule has 6 nitrogen and oxygen atoms in total. The van der Waals surface area contributed by atoms with Crippen LogP contribution in [0.1, 0.15) is 40.5 Å². The van der Waals surface area contributed by atoms with Gasteiger partial charge in [0.2, 0.25) is 11.8 Å². The van der Waals surface area contributed by atoms with E-state index in [9.17, 15) is 19.5 Å². The van der Waals surface area contributed by atoms with Crippen LogP contribution in [0.5, 0.6) is 0 Å². The highest BCUT2D eigenvalue weighted by atomic mass is 16.4. The van der Waals surface area contributed by atoms with Gasteiger partial charge < -0.3 is 15.7 Å². The first kappa shape index (κ1) is 14.5. The molecule has 2 amide bonds. The summed E-state index contributed by atoms with van der Waals surface area (Å²) in [5.41, 5.74) is -2.02. The van der Waals surface area contributed by atoms with Crippen molar-refractivity contribution in [3.63, 3.8) is 0 Å². The third-order valence-corrected chi connectivity index (χ3v) is 3.84. The summed E-state index contributed by atoms with van der Waals surface area (Å²) in [4.78, 5) is 34.2. The maximum absolute atomic E-state index is 12.0. The topological polar surface area (TPSA) is 95.5 Å². The molecule has 6 heteroatoms. The highest BCUT2D eigenvalue weighted by Crippen LogP contribution is 2.30. The normalized spacial score (nSPS) is 20.4. The quantitative estimate of drug-likeness (QED) is 0.672. The summed E-state index contributed by atoms with van der Waals surface area (Å²) in [7, 11) is 0. The van der Waals surface area contributed by atoms with Crippen LogP contribution in [0.3, 0.4) is 0 Å². The molecule has 1 saturated heterocycles. The molecule has 18 heavy (non-hydrogen) atoms. The highest BCUT2D eigenvalue weighted by Gasteiger charge is 2.45. The molecule has 0 saturated carbocycles. The fourth-order valence-electron chi connectivity index (χ4n) is 1.63. The van der Waals surface area contributed by atoms with Gasteiger partial charge >= 0.3 is 5.97 Å². The molecule has 0 unspecified atom stereocenters. The fourth-order valence-corrected chi connectivity index (χ4v) is 1.63. The zero-order valence-electron chi connectivity index (χ0n) is 11.2. The van der Waals surface area contributed by atoms with Gasteiger partial charge in [-0.3, -0.25) is 14.4 Å². The van der Waals surface area contributed by atoms with Crippen LogP contribution in [0.4, 0.5) is 0 Å². The Kier molecular flexibility index (Phi) is 3.69. The van der Waals surface area contributed by atoms with E-state index < -0.39 is 23.0 Å². The second kappa shape index (κ2) is 4.59. The predicted octanol–water partition coefficient (Wildman–Crippen LogP) is 0.271. The summed E-state index contributed by atoms with van der Waals surface area (Å²) in [5, 5.41) is 14.4. The van der Waals surface area contributed by atoms with Gasteiger partial charge in [0.05, 0.1) is 11.0 Å². The number of carboxylic acid groups (broad SMARTS) is 1. The summed E-state index contributed by atoms with van der Waals surface area (Å²) < 4.78 is 0. The monoisotopic (exact) mass is 256 g/mol. The van der Waals surface area contributed by atoms with Crippen LogP contribution < -0.4 is 10.6 Å². The average Bonchev–Trinajstić information content (AvgIpc) is 2.63. The second-order valence-electron chi connectivity index (χ2n) is 5.70. The van der Waals surface area contributed by atoms with E-state index in [4.69, 9.17) is 0 Å². The largest absolute Gasteiger partial charge is 0.481 e. The van der Waals surface area contributed by atoms with Crippen LogP contribution in [0.25, 0.3) is 0 Å². The summed E-state index contributed by atoms with van der Waals surface area (Å²) in [6, 6.07) is -0.554. The molecule has 1 atom stereocenters. The van der Waals surface area contributed by atoms with Crippen LogP contribution in [-0.4, -0.2) is 34.5 Å². The Morgan fingerprint density at radius 3 is 2.28 bits per heavy atom. The third kappa shape index (κ3) is 2.63. The van der Waals surface area contributed by atoms with Gasteiger partial charge in [0, 0.05) is 6.42 Å². The lowest BCUT2D eigenvalue weighted by Crippen LogP contribution is -2.59. The molecular weight excluding hydrogens is 236 g/mol. The van der Waals surface area contributed by atoms with Crippen molar-refractivity contribution < 1.29 is 19.5 Å². The van der Waals surface area contributed by atoms with Crippen molar-refractivity contribution >= 4 is 17.8 Å². The minimum atomic E-state index is -1.11. The summed E-state index contributed by atoms with van der Waals surface area (Å²) >= 11 is 0. The van der Waals surface area contributed by atoms with Gasteiger partial charge in [-0.2, -0.15) is 0 Å². The Morgan fingerprint density at radius 2 is 1.89 bits per heavy atom. The van der Waals surface area contributed by atoms with Crippen LogP contribution >= 0.6 is 0 Å². The molecule has 1 fully saturated rings. The second-order valence-corrected chi connectivity index (χ2v) is 5.70. The summed E-state index contributed by atoms with van der Waals surface area (Å²) in [6.07, 6.45) is 0.787. The molecule has 3 N–H and O–H groups in total. The van der Waals surface area contributed by atoms with Gasteiger partial charge in [-0.05, 0) is 34.1 Å². The first-order valence-corrected chi connectivity index (χ1v) is 5.93. The third-order valence-electron chi connectivity index (χ3n) is 3.84. The van der Waals surface area contributed by atoms with Crippen LogP contribution in [0, 0.1) is 5.41 Å². The van der Waals surface area contributed by atoms with Gasteiger partial charge in [-0.15, -0.1) is 0 Å². The smallest absolute Gasteiger partial charge is 0.311 e. The van der Waals surface area contributed by atoms with E-state index in [1.807, 2.05) is 0 Å². The molecule has 1 aliphatic rings. The number of hydrogen-bond acceptors (Lipinski definition) is 3. The molecule has 0 aromatic carbocycles. The number of carbonyl (C=O) groups is 3. The number of hydrogen-bond donors (Lipinski definition) is 3. The summed E-state index contributed by atoms with van der Waals surface area (Å²) in [5.74, 6) is -1.46. The minimum Gasteiger partial charge on any atom is -0.481 e. The van der Waals surface area contributed by atoms with E-state index in [-0.39, 0.29) is 11.8 Å². The van der Waals surface area contributed by atoms with Crippen molar-refractivity contribution in [3.05, 3.63) is 0 Å². The van der Waals surface area contributed by atoms with Gasteiger partial charge in [-0.25, -0.2) is 0 Å². The average molecular weight is 256 g/mol. The zero-order valence-corrected chi connectivity index (χ0v) is 11.2. The Balaban J connectivity index is 2.74. The maximum atomic E-state index is 12.0. The Morgan fingerprint density at radius 1 is 1.33 bits per heavy atom. The first-order chi connectivity index (χ1) is 8.08. The van der Waals surface area contributed by atoms with Gasteiger partial charge in [0.15, 0.2) is 0 Å². The molecule has 0 bridgehead atoms. The fraction of sp³-hybridized carbons (Fsp3) is 0.750. The molecule has 0 aliphatic carbocycles. The molecule has 1 aliphatic heterocycles. The number of carboxylic acids is 1. The number of carbonyl (C=O) groups excluding carboxylic acids is 2. The van der Waals surface area contributed by atoms with Gasteiger partial charge in [-0.1, -0.05) is 0 Å². The van der Waals surface area contributed by atoms with Crippen molar-refractivity contribution in [3.8, 4) is 0 Å². The molecule has 0 spiro atoms. The number of aliphatic carboxylic acids is 1. The van der Waals surface area contributed by atoms with Crippen LogP contribution in [-0.2, 0) is 14.4 Å². The van der Waals surface area contributed by atoms with Crippen molar-refractivity contribution in [2.75, 3.05) is 0 Å². The SMILES string of the molecule is CC(C)(NC(=O)[C@H]1CCC(=O)N1)C(C)(C)C(=O)O. The van der Waals surface area contributed by atoms with Crippen molar-refractivity contribution in [1.82, 2.24) is 10.6 Å². The Labute approximate surface area is 106 Å². The highest BCUT2D eigenvalue weighted by molar-refractivity contribution is 5.91.